The van der Waals surface area contributed by atoms with Gasteiger partial charge >= 0.3 is 6.36 Å². The summed E-state index contributed by atoms with van der Waals surface area (Å²) in [5.74, 6) is -0.647. The molecule has 5 nitrogen and oxygen atoms in total. The van der Waals surface area contributed by atoms with E-state index in [1.807, 2.05) is 0 Å². The molecule has 140 valence electrons. The number of rotatable bonds is 6. The molecule has 0 radical (unpaired) electrons. The van der Waals surface area contributed by atoms with Gasteiger partial charge in [-0.2, -0.15) is 0 Å². The van der Waals surface area contributed by atoms with E-state index < -0.39 is 12.2 Å². The van der Waals surface area contributed by atoms with Crippen molar-refractivity contribution >= 4 is 11.6 Å². The van der Waals surface area contributed by atoms with Crippen molar-refractivity contribution in [1.82, 2.24) is 0 Å². The Morgan fingerprint density at radius 1 is 1.15 bits per heavy atom. The number of guanidine groups is 1. The molecule has 2 rings (SSSR count). The van der Waals surface area contributed by atoms with Gasteiger partial charge in [-0.05, 0) is 48.9 Å². The molecule has 0 unspecified atom stereocenters. The normalized spacial score (nSPS) is 12.0. The van der Waals surface area contributed by atoms with Crippen LogP contribution in [0.15, 0.2) is 47.5 Å². The maximum absolute atomic E-state index is 13.8. The van der Waals surface area contributed by atoms with Crippen LogP contribution in [-0.2, 0) is 6.54 Å². The molecule has 26 heavy (non-hydrogen) atoms. The van der Waals surface area contributed by atoms with E-state index in [1.165, 1.54) is 24.3 Å². The van der Waals surface area contributed by atoms with Crippen molar-refractivity contribution in [2.75, 3.05) is 11.9 Å². The molecule has 0 spiro atoms. The fourth-order valence-electron chi connectivity index (χ4n) is 2.02. The quantitative estimate of drug-likeness (QED) is 0.457. The van der Waals surface area contributed by atoms with Crippen molar-refractivity contribution in [1.29, 1.82) is 0 Å². The number of ether oxygens (including phenoxy) is 2. The Bertz CT molecular complexity index is 762. The third-order valence-corrected chi connectivity index (χ3v) is 3.09. The summed E-state index contributed by atoms with van der Waals surface area (Å²) < 4.78 is 58.9. The van der Waals surface area contributed by atoms with Gasteiger partial charge in [0.2, 0.25) is 0 Å². The van der Waals surface area contributed by atoms with E-state index in [0.717, 1.165) is 12.1 Å². The first-order valence-corrected chi connectivity index (χ1v) is 7.61. The Morgan fingerprint density at radius 2 is 1.85 bits per heavy atom. The molecule has 9 heteroatoms. The number of anilines is 1. The highest BCUT2D eigenvalue weighted by Gasteiger charge is 2.30. The van der Waals surface area contributed by atoms with Crippen LogP contribution in [0.3, 0.4) is 0 Å². The van der Waals surface area contributed by atoms with E-state index in [2.05, 4.69) is 15.0 Å². The number of alkyl halides is 3. The van der Waals surface area contributed by atoms with Gasteiger partial charge in [0.25, 0.3) is 0 Å². The van der Waals surface area contributed by atoms with Crippen molar-refractivity contribution in [3.63, 3.8) is 0 Å². The minimum absolute atomic E-state index is 0.0313. The van der Waals surface area contributed by atoms with Crippen molar-refractivity contribution in [2.45, 2.75) is 19.8 Å². The fourth-order valence-corrected chi connectivity index (χ4v) is 2.02. The zero-order chi connectivity index (χ0) is 19.2. The molecule has 0 aliphatic heterocycles. The molecule has 3 N–H and O–H groups in total. The minimum atomic E-state index is -4.75. The molecule has 2 aromatic carbocycles. The molecule has 0 saturated carbocycles. The van der Waals surface area contributed by atoms with Crippen LogP contribution in [0.4, 0.5) is 23.2 Å². The van der Waals surface area contributed by atoms with Gasteiger partial charge in [-0.3, -0.25) is 0 Å². The first-order chi connectivity index (χ1) is 12.3. The SMILES string of the molecule is CCOc1ccc(CN=C(N)Nc2ccc(OC(F)(F)F)cc2)cc1F. The van der Waals surface area contributed by atoms with Crippen molar-refractivity contribution in [2.24, 2.45) is 10.7 Å². The van der Waals surface area contributed by atoms with Gasteiger partial charge in [0.1, 0.15) is 5.75 Å². The molecule has 0 amide bonds. The van der Waals surface area contributed by atoms with Gasteiger partial charge in [0.15, 0.2) is 17.5 Å². The summed E-state index contributed by atoms with van der Waals surface area (Å²) in [7, 11) is 0. The molecule has 0 aliphatic carbocycles. The Hall–Kier alpha value is -2.97. The van der Waals surface area contributed by atoms with Crippen LogP contribution < -0.4 is 20.5 Å². The first-order valence-electron chi connectivity index (χ1n) is 7.61. The van der Waals surface area contributed by atoms with Crippen LogP contribution in [-0.4, -0.2) is 18.9 Å². The number of aliphatic imine (C=N–C) groups is 1. The molecule has 0 fully saturated rings. The van der Waals surface area contributed by atoms with Gasteiger partial charge in [0.05, 0.1) is 13.2 Å². The molecule has 0 aromatic heterocycles. The Kier molecular flexibility index (Phi) is 6.26. The first kappa shape index (κ1) is 19.4. The number of nitrogens with two attached hydrogens (primary N) is 1. The summed E-state index contributed by atoms with van der Waals surface area (Å²) in [4.78, 5) is 4.05. The second-order valence-electron chi connectivity index (χ2n) is 5.10. The van der Waals surface area contributed by atoms with Crippen LogP contribution >= 0.6 is 0 Å². The van der Waals surface area contributed by atoms with E-state index in [1.54, 1.807) is 13.0 Å². The summed E-state index contributed by atoms with van der Waals surface area (Å²) in [6.45, 7) is 2.24. The second-order valence-corrected chi connectivity index (χ2v) is 5.10. The molecule has 0 aliphatic rings. The fraction of sp³-hybridized carbons (Fsp3) is 0.235. The lowest BCUT2D eigenvalue weighted by molar-refractivity contribution is -0.274. The van der Waals surface area contributed by atoms with Crippen molar-refractivity contribution in [3.8, 4) is 11.5 Å². The number of nitrogens with zero attached hydrogens (tertiary/aromatic N) is 1. The number of halogens is 4. The molecular weight excluding hydrogens is 354 g/mol. The summed E-state index contributed by atoms with van der Waals surface area (Å²) >= 11 is 0. The predicted octanol–water partition coefficient (Wildman–Crippen LogP) is 4.05. The Balaban J connectivity index is 1.94. The number of benzene rings is 2. The second kappa shape index (κ2) is 8.41. The molecular formula is C17H17F4N3O2. The molecule has 0 saturated heterocycles. The standard InChI is InChI=1S/C17H17F4N3O2/c1-2-25-15-8-3-11(9-14(15)18)10-23-16(22)24-12-4-6-13(7-5-12)26-17(19,20)21/h3-9H,2,10H2,1H3,(H3,22,23,24). The maximum atomic E-state index is 13.8. The van der Waals surface area contributed by atoms with Crippen molar-refractivity contribution in [3.05, 3.63) is 53.8 Å². The number of hydrogen-bond acceptors (Lipinski definition) is 3. The molecule has 0 atom stereocenters. The van der Waals surface area contributed by atoms with Gasteiger partial charge in [-0.15, -0.1) is 13.2 Å². The van der Waals surface area contributed by atoms with Gasteiger partial charge in [-0.1, -0.05) is 6.07 Å². The summed E-state index contributed by atoms with van der Waals surface area (Å²) in [5.41, 5.74) is 6.74. The lowest BCUT2D eigenvalue weighted by Gasteiger charge is -2.10. The average molecular weight is 371 g/mol. The number of nitrogens with one attached hydrogen (secondary N) is 1. The minimum Gasteiger partial charge on any atom is -0.491 e. The van der Waals surface area contributed by atoms with Crippen molar-refractivity contribution < 1.29 is 27.0 Å². The van der Waals surface area contributed by atoms with E-state index in [4.69, 9.17) is 10.5 Å². The number of hydrogen-bond donors (Lipinski definition) is 2. The summed E-state index contributed by atoms with van der Waals surface area (Å²) in [5, 5.41) is 2.72. The highest BCUT2D eigenvalue weighted by Crippen LogP contribution is 2.24. The Labute approximate surface area is 147 Å². The van der Waals surface area contributed by atoms with Crippen LogP contribution in [0.1, 0.15) is 12.5 Å². The third-order valence-electron chi connectivity index (χ3n) is 3.09. The van der Waals surface area contributed by atoms with Gasteiger partial charge < -0.3 is 20.5 Å². The summed E-state index contributed by atoms with van der Waals surface area (Å²) in [6.07, 6.45) is -4.75. The van der Waals surface area contributed by atoms with E-state index in [0.29, 0.717) is 17.9 Å². The van der Waals surface area contributed by atoms with Crippen LogP contribution in [0.25, 0.3) is 0 Å². The average Bonchev–Trinajstić information content (AvgIpc) is 2.56. The van der Waals surface area contributed by atoms with E-state index >= 15 is 0 Å². The van der Waals surface area contributed by atoms with Crippen LogP contribution in [0.5, 0.6) is 11.5 Å². The van der Waals surface area contributed by atoms with Crippen LogP contribution in [0, 0.1) is 5.82 Å². The molecule has 2 aromatic rings. The predicted molar refractivity (Wildman–Crippen MR) is 89.6 cm³/mol. The monoisotopic (exact) mass is 371 g/mol. The van der Waals surface area contributed by atoms with E-state index in [9.17, 15) is 17.6 Å². The molecule has 0 heterocycles. The lowest BCUT2D eigenvalue weighted by Crippen LogP contribution is -2.22. The zero-order valence-corrected chi connectivity index (χ0v) is 13.8. The smallest absolute Gasteiger partial charge is 0.491 e. The van der Waals surface area contributed by atoms with Crippen LogP contribution in [0.2, 0.25) is 0 Å². The maximum Gasteiger partial charge on any atom is 0.573 e. The van der Waals surface area contributed by atoms with Gasteiger partial charge in [-0.25, -0.2) is 9.38 Å². The lowest BCUT2D eigenvalue weighted by atomic mass is 10.2. The zero-order valence-electron chi connectivity index (χ0n) is 13.8. The summed E-state index contributed by atoms with van der Waals surface area (Å²) in [6, 6.07) is 9.47. The van der Waals surface area contributed by atoms with Gasteiger partial charge in [0, 0.05) is 5.69 Å². The van der Waals surface area contributed by atoms with E-state index in [-0.39, 0.29) is 24.0 Å². The molecule has 0 bridgehead atoms. The largest absolute Gasteiger partial charge is 0.573 e. The Morgan fingerprint density at radius 3 is 2.42 bits per heavy atom. The third kappa shape index (κ3) is 6.15. The highest BCUT2D eigenvalue weighted by atomic mass is 19.4. The topological polar surface area (TPSA) is 68.9 Å². The highest BCUT2D eigenvalue weighted by molar-refractivity contribution is 5.92.